The number of nitrogens with zero attached hydrogens (tertiary/aromatic N) is 2. The number of hydrogen-bond donors (Lipinski definition) is 1. The predicted molar refractivity (Wildman–Crippen MR) is 89.4 cm³/mol. The first kappa shape index (κ1) is 16.7. The molecule has 0 atom stereocenters. The average Bonchev–Trinajstić information content (AvgIpc) is 2.63. The van der Waals surface area contributed by atoms with Crippen LogP contribution in [0.5, 0.6) is 0 Å². The first-order valence-corrected chi connectivity index (χ1v) is 7.68. The zero-order chi connectivity index (χ0) is 17.6. The molecule has 25 heavy (non-hydrogen) atoms. The maximum atomic E-state index is 13.6. The van der Waals surface area contributed by atoms with Gasteiger partial charge in [0.2, 0.25) is 5.91 Å². The van der Waals surface area contributed by atoms with Crippen molar-refractivity contribution in [2.45, 2.75) is 13.0 Å². The SMILES string of the molecule is O=C(Cc1ccc(F)cc1F)NCc1ccnc(-c2cccnc2)c1. The molecule has 0 bridgehead atoms. The summed E-state index contributed by atoms with van der Waals surface area (Å²) in [6.07, 6.45) is 4.90. The molecule has 1 N–H and O–H groups in total. The van der Waals surface area contributed by atoms with Crippen molar-refractivity contribution in [1.82, 2.24) is 15.3 Å². The summed E-state index contributed by atoms with van der Waals surface area (Å²) in [6.45, 7) is 0.289. The normalized spacial score (nSPS) is 10.5. The van der Waals surface area contributed by atoms with Crippen LogP contribution in [0.15, 0.2) is 61.1 Å². The molecule has 2 heterocycles. The third-order valence-electron chi connectivity index (χ3n) is 3.64. The Labute approximate surface area is 143 Å². The van der Waals surface area contributed by atoms with E-state index in [9.17, 15) is 13.6 Å². The van der Waals surface area contributed by atoms with Crippen LogP contribution in [-0.4, -0.2) is 15.9 Å². The van der Waals surface area contributed by atoms with Gasteiger partial charge in [-0.25, -0.2) is 8.78 Å². The lowest BCUT2D eigenvalue weighted by molar-refractivity contribution is -0.120. The van der Waals surface area contributed by atoms with E-state index in [4.69, 9.17) is 0 Å². The highest BCUT2D eigenvalue weighted by Gasteiger charge is 2.09. The lowest BCUT2D eigenvalue weighted by Gasteiger charge is -2.08. The summed E-state index contributed by atoms with van der Waals surface area (Å²) in [5.41, 5.74) is 2.65. The quantitative estimate of drug-likeness (QED) is 0.776. The highest BCUT2D eigenvalue weighted by atomic mass is 19.1. The molecule has 2 aromatic heterocycles. The maximum Gasteiger partial charge on any atom is 0.224 e. The van der Waals surface area contributed by atoms with Gasteiger partial charge in [-0.3, -0.25) is 14.8 Å². The summed E-state index contributed by atoms with van der Waals surface area (Å²) in [4.78, 5) is 20.3. The fourth-order valence-corrected chi connectivity index (χ4v) is 2.36. The van der Waals surface area contributed by atoms with Gasteiger partial charge < -0.3 is 5.32 Å². The van der Waals surface area contributed by atoms with Gasteiger partial charge in [-0.1, -0.05) is 6.07 Å². The number of benzene rings is 1. The smallest absolute Gasteiger partial charge is 0.224 e. The second-order valence-electron chi connectivity index (χ2n) is 5.48. The predicted octanol–water partition coefficient (Wildman–Crippen LogP) is 3.28. The van der Waals surface area contributed by atoms with Crippen molar-refractivity contribution in [2.75, 3.05) is 0 Å². The number of nitrogens with one attached hydrogen (secondary N) is 1. The molecule has 0 saturated carbocycles. The van der Waals surface area contributed by atoms with Crippen LogP contribution in [0.2, 0.25) is 0 Å². The van der Waals surface area contributed by atoms with Crippen molar-refractivity contribution in [1.29, 1.82) is 0 Å². The molecule has 126 valence electrons. The number of pyridine rings is 2. The van der Waals surface area contributed by atoms with E-state index in [1.165, 1.54) is 6.07 Å². The number of amides is 1. The fourth-order valence-electron chi connectivity index (χ4n) is 2.36. The number of hydrogen-bond acceptors (Lipinski definition) is 3. The van der Waals surface area contributed by atoms with Gasteiger partial charge in [0.1, 0.15) is 11.6 Å². The Morgan fingerprint density at radius 3 is 2.72 bits per heavy atom. The van der Waals surface area contributed by atoms with Crippen LogP contribution in [0.4, 0.5) is 8.78 Å². The highest BCUT2D eigenvalue weighted by Crippen LogP contribution is 2.16. The third kappa shape index (κ3) is 4.44. The van der Waals surface area contributed by atoms with E-state index in [1.54, 1.807) is 24.7 Å². The Morgan fingerprint density at radius 1 is 1.08 bits per heavy atom. The molecule has 0 fully saturated rings. The number of carbonyl (C=O) groups is 1. The summed E-state index contributed by atoms with van der Waals surface area (Å²) < 4.78 is 26.5. The molecule has 0 aliphatic rings. The summed E-state index contributed by atoms with van der Waals surface area (Å²) >= 11 is 0. The van der Waals surface area contributed by atoms with Gasteiger partial charge in [0, 0.05) is 36.8 Å². The molecule has 1 amide bonds. The summed E-state index contributed by atoms with van der Waals surface area (Å²) in [5, 5.41) is 2.73. The number of rotatable bonds is 5. The number of halogens is 2. The third-order valence-corrected chi connectivity index (χ3v) is 3.64. The van der Waals surface area contributed by atoms with Crippen LogP contribution in [-0.2, 0) is 17.8 Å². The Morgan fingerprint density at radius 2 is 1.96 bits per heavy atom. The second kappa shape index (κ2) is 7.61. The monoisotopic (exact) mass is 339 g/mol. The molecular weight excluding hydrogens is 324 g/mol. The molecule has 3 rings (SSSR count). The Hall–Kier alpha value is -3.15. The standard InChI is InChI=1S/C19H15F2N3O/c20-16-4-3-14(17(21)10-16)9-19(25)24-11-13-5-7-23-18(8-13)15-2-1-6-22-12-15/h1-8,10,12H,9,11H2,(H,24,25). The molecule has 0 aliphatic heterocycles. The van der Waals surface area contributed by atoms with Gasteiger partial charge in [0.25, 0.3) is 0 Å². The molecule has 3 aromatic rings. The first-order chi connectivity index (χ1) is 12.1. The summed E-state index contributed by atoms with van der Waals surface area (Å²) in [7, 11) is 0. The lowest BCUT2D eigenvalue weighted by Crippen LogP contribution is -2.25. The molecule has 1 aromatic carbocycles. The van der Waals surface area contributed by atoms with Crippen LogP contribution >= 0.6 is 0 Å². The van der Waals surface area contributed by atoms with Gasteiger partial charge in [-0.15, -0.1) is 0 Å². The van der Waals surface area contributed by atoms with Crippen LogP contribution in [0, 0.1) is 11.6 Å². The Balaban J connectivity index is 1.62. The summed E-state index contributed by atoms with van der Waals surface area (Å²) in [6, 6.07) is 10.5. The molecule has 0 saturated heterocycles. The molecule has 0 spiro atoms. The topological polar surface area (TPSA) is 54.9 Å². The minimum absolute atomic E-state index is 0.146. The van der Waals surface area contributed by atoms with E-state index in [2.05, 4.69) is 15.3 Å². The Bertz CT molecular complexity index is 885. The Kier molecular flexibility index (Phi) is 5.09. The maximum absolute atomic E-state index is 13.6. The van der Waals surface area contributed by atoms with Crippen molar-refractivity contribution in [3.63, 3.8) is 0 Å². The van der Waals surface area contributed by atoms with Crippen molar-refractivity contribution in [3.05, 3.63) is 83.8 Å². The van der Waals surface area contributed by atoms with Crippen LogP contribution in [0.3, 0.4) is 0 Å². The highest BCUT2D eigenvalue weighted by molar-refractivity contribution is 5.78. The zero-order valence-electron chi connectivity index (χ0n) is 13.2. The van der Waals surface area contributed by atoms with Gasteiger partial charge >= 0.3 is 0 Å². The number of carbonyl (C=O) groups excluding carboxylic acids is 1. The van der Waals surface area contributed by atoms with Gasteiger partial charge in [-0.05, 0) is 41.5 Å². The molecule has 0 aliphatic carbocycles. The minimum Gasteiger partial charge on any atom is -0.352 e. The lowest BCUT2D eigenvalue weighted by atomic mass is 10.1. The molecule has 4 nitrogen and oxygen atoms in total. The van der Waals surface area contributed by atoms with Crippen LogP contribution in [0.1, 0.15) is 11.1 Å². The number of aromatic nitrogens is 2. The van der Waals surface area contributed by atoms with Crippen molar-refractivity contribution >= 4 is 5.91 Å². The van der Waals surface area contributed by atoms with E-state index in [1.807, 2.05) is 18.2 Å². The molecule has 6 heteroatoms. The average molecular weight is 339 g/mol. The summed E-state index contributed by atoms with van der Waals surface area (Å²) in [5.74, 6) is -1.73. The second-order valence-corrected chi connectivity index (χ2v) is 5.48. The zero-order valence-corrected chi connectivity index (χ0v) is 13.2. The van der Waals surface area contributed by atoms with Gasteiger partial charge in [0.15, 0.2) is 0 Å². The van der Waals surface area contributed by atoms with Crippen LogP contribution in [0.25, 0.3) is 11.3 Å². The first-order valence-electron chi connectivity index (χ1n) is 7.68. The largest absolute Gasteiger partial charge is 0.352 e. The van der Waals surface area contributed by atoms with E-state index in [0.29, 0.717) is 0 Å². The van der Waals surface area contributed by atoms with Gasteiger partial charge in [0.05, 0.1) is 12.1 Å². The molecule has 0 unspecified atom stereocenters. The minimum atomic E-state index is -0.724. The fraction of sp³-hybridized carbons (Fsp3) is 0.105. The van der Waals surface area contributed by atoms with Crippen molar-refractivity contribution in [2.24, 2.45) is 0 Å². The molecule has 0 radical (unpaired) electrons. The van der Waals surface area contributed by atoms with Crippen molar-refractivity contribution < 1.29 is 13.6 Å². The van der Waals surface area contributed by atoms with E-state index in [0.717, 1.165) is 29.0 Å². The van der Waals surface area contributed by atoms with E-state index < -0.39 is 11.6 Å². The van der Waals surface area contributed by atoms with Crippen LogP contribution < -0.4 is 5.32 Å². The molecular formula is C19H15F2N3O. The van der Waals surface area contributed by atoms with Gasteiger partial charge in [-0.2, -0.15) is 0 Å². The van der Waals surface area contributed by atoms with E-state index >= 15 is 0 Å². The van der Waals surface area contributed by atoms with E-state index in [-0.39, 0.29) is 24.4 Å². The van der Waals surface area contributed by atoms with Crippen molar-refractivity contribution in [3.8, 4) is 11.3 Å².